The molecular formula is C18H22IN. The molecule has 0 aromatic heterocycles. The maximum Gasteiger partial charge on any atom is 0.0579 e. The summed E-state index contributed by atoms with van der Waals surface area (Å²) in [6.45, 7) is 7.60. The second-order valence-corrected chi connectivity index (χ2v) is 6.55. The normalized spacial score (nSPS) is 12.4. The Hall–Kier alpha value is -0.870. The van der Waals surface area contributed by atoms with Crippen molar-refractivity contribution >= 4 is 22.6 Å². The van der Waals surface area contributed by atoms with Gasteiger partial charge >= 0.3 is 0 Å². The lowest BCUT2D eigenvalue weighted by Gasteiger charge is -2.22. The van der Waals surface area contributed by atoms with Gasteiger partial charge in [0.25, 0.3) is 0 Å². The lowest BCUT2D eigenvalue weighted by Crippen LogP contribution is -2.24. The summed E-state index contributed by atoms with van der Waals surface area (Å²) in [6.07, 6.45) is 1.14. The Morgan fingerprint density at radius 1 is 1.10 bits per heavy atom. The molecule has 0 bridgehead atoms. The van der Waals surface area contributed by atoms with Gasteiger partial charge in [0, 0.05) is 3.57 Å². The van der Waals surface area contributed by atoms with Crippen molar-refractivity contribution in [1.82, 2.24) is 5.32 Å². The van der Waals surface area contributed by atoms with Crippen LogP contribution in [0.4, 0.5) is 0 Å². The number of hydrogen-bond acceptors (Lipinski definition) is 1. The molecular weight excluding hydrogens is 357 g/mol. The summed E-state index contributed by atoms with van der Waals surface area (Å²) in [5.74, 6) is 0. The highest BCUT2D eigenvalue weighted by atomic mass is 127. The van der Waals surface area contributed by atoms with Gasteiger partial charge in [0.15, 0.2) is 0 Å². The van der Waals surface area contributed by atoms with E-state index in [1.807, 2.05) is 0 Å². The zero-order chi connectivity index (χ0) is 14.5. The predicted octanol–water partition coefficient (Wildman–Crippen LogP) is 5.00. The molecule has 0 aliphatic heterocycles. The average Bonchev–Trinajstić information content (AvgIpc) is 2.41. The first kappa shape index (κ1) is 15.5. The summed E-state index contributed by atoms with van der Waals surface area (Å²) < 4.78 is 1.29. The van der Waals surface area contributed by atoms with Crippen molar-refractivity contribution in [1.29, 1.82) is 0 Å². The molecule has 0 heterocycles. The molecule has 1 atom stereocenters. The monoisotopic (exact) mass is 379 g/mol. The fourth-order valence-electron chi connectivity index (χ4n) is 2.53. The van der Waals surface area contributed by atoms with Crippen molar-refractivity contribution in [3.05, 3.63) is 68.3 Å². The molecule has 2 aromatic rings. The van der Waals surface area contributed by atoms with E-state index >= 15 is 0 Å². The van der Waals surface area contributed by atoms with Crippen molar-refractivity contribution < 1.29 is 0 Å². The zero-order valence-corrected chi connectivity index (χ0v) is 14.6. The second kappa shape index (κ2) is 7.23. The minimum atomic E-state index is 0.283. The standard InChI is InChI=1S/C18H22IN/c1-4-10-20-18(15-6-5-7-16(19)12-15)17-9-8-13(2)11-14(17)3/h5-9,11-12,18,20H,4,10H2,1-3H3. The third-order valence-electron chi connectivity index (χ3n) is 3.52. The van der Waals surface area contributed by atoms with E-state index in [2.05, 4.69) is 91.1 Å². The van der Waals surface area contributed by atoms with Gasteiger partial charge in [0.2, 0.25) is 0 Å². The Balaban J connectivity index is 2.41. The molecule has 0 radical (unpaired) electrons. The van der Waals surface area contributed by atoms with Crippen LogP contribution in [-0.2, 0) is 0 Å². The molecule has 0 aliphatic rings. The van der Waals surface area contributed by atoms with E-state index in [9.17, 15) is 0 Å². The smallest absolute Gasteiger partial charge is 0.0579 e. The molecule has 106 valence electrons. The third-order valence-corrected chi connectivity index (χ3v) is 4.19. The number of nitrogens with one attached hydrogen (secondary N) is 1. The Morgan fingerprint density at radius 3 is 2.55 bits per heavy atom. The fourth-order valence-corrected chi connectivity index (χ4v) is 3.10. The van der Waals surface area contributed by atoms with E-state index in [4.69, 9.17) is 0 Å². The Kier molecular flexibility index (Phi) is 5.61. The molecule has 1 N–H and O–H groups in total. The van der Waals surface area contributed by atoms with Crippen LogP contribution in [0.2, 0.25) is 0 Å². The van der Waals surface area contributed by atoms with Crippen molar-refractivity contribution in [3.63, 3.8) is 0 Å². The fraction of sp³-hybridized carbons (Fsp3) is 0.333. The summed E-state index contributed by atoms with van der Waals surface area (Å²) in [6, 6.07) is 15.8. The Bertz CT molecular complexity index is 577. The van der Waals surface area contributed by atoms with Crippen molar-refractivity contribution in [2.45, 2.75) is 33.2 Å². The molecule has 20 heavy (non-hydrogen) atoms. The third kappa shape index (κ3) is 3.83. The van der Waals surface area contributed by atoms with Crippen LogP contribution in [0.1, 0.15) is 41.6 Å². The molecule has 2 aromatic carbocycles. The van der Waals surface area contributed by atoms with E-state index in [0.717, 1.165) is 13.0 Å². The molecule has 1 unspecified atom stereocenters. The lowest BCUT2D eigenvalue weighted by molar-refractivity contribution is 0.596. The molecule has 2 rings (SSSR count). The van der Waals surface area contributed by atoms with Crippen LogP contribution in [0.3, 0.4) is 0 Å². The highest BCUT2D eigenvalue weighted by molar-refractivity contribution is 14.1. The van der Waals surface area contributed by atoms with Crippen LogP contribution in [0.5, 0.6) is 0 Å². The van der Waals surface area contributed by atoms with E-state index < -0.39 is 0 Å². The van der Waals surface area contributed by atoms with Gasteiger partial charge in [-0.15, -0.1) is 0 Å². The van der Waals surface area contributed by atoms with Crippen LogP contribution in [0.15, 0.2) is 42.5 Å². The lowest BCUT2D eigenvalue weighted by atomic mass is 9.94. The topological polar surface area (TPSA) is 12.0 Å². The van der Waals surface area contributed by atoms with Gasteiger partial charge in [-0.3, -0.25) is 0 Å². The number of halogens is 1. The summed E-state index contributed by atoms with van der Waals surface area (Å²) in [4.78, 5) is 0. The van der Waals surface area contributed by atoms with Crippen molar-refractivity contribution in [2.24, 2.45) is 0 Å². The first-order valence-corrected chi connectivity index (χ1v) is 8.25. The molecule has 0 aliphatic carbocycles. The molecule has 0 saturated carbocycles. The van der Waals surface area contributed by atoms with Gasteiger partial charge in [-0.1, -0.05) is 42.8 Å². The minimum absolute atomic E-state index is 0.283. The van der Waals surface area contributed by atoms with Gasteiger partial charge in [-0.2, -0.15) is 0 Å². The van der Waals surface area contributed by atoms with Crippen LogP contribution in [-0.4, -0.2) is 6.54 Å². The van der Waals surface area contributed by atoms with Crippen molar-refractivity contribution in [3.8, 4) is 0 Å². The molecule has 2 heteroatoms. The minimum Gasteiger partial charge on any atom is -0.306 e. The molecule has 0 fully saturated rings. The zero-order valence-electron chi connectivity index (χ0n) is 12.4. The van der Waals surface area contributed by atoms with E-state index in [0.29, 0.717) is 0 Å². The number of rotatable bonds is 5. The van der Waals surface area contributed by atoms with Crippen LogP contribution in [0, 0.1) is 17.4 Å². The van der Waals surface area contributed by atoms with Crippen LogP contribution in [0.25, 0.3) is 0 Å². The van der Waals surface area contributed by atoms with Gasteiger partial charge in [-0.05, 0) is 78.2 Å². The number of aryl methyl sites for hydroxylation is 2. The summed E-state index contributed by atoms with van der Waals surface area (Å²) >= 11 is 2.38. The maximum atomic E-state index is 3.69. The number of hydrogen-bond donors (Lipinski definition) is 1. The average molecular weight is 379 g/mol. The van der Waals surface area contributed by atoms with Crippen LogP contribution < -0.4 is 5.32 Å². The van der Waals surface area contributed by atoms with Crippen molar-refractivity contribution in [2.75, 3.05) is 6.54 Å². The first-order chi connectivity index (χ1) is 9.61. The summed E-state index contributed by atoms with van der Waals surface area (Å²) in [5, 5.41) is 3.69. The second-order valence-electron chi connectivity index (χ2n) is 5.30. The maximum absolute atomic E-state index is 3.69. The predicted molar refractivity (Wildman–Crippen MR) is 95.2 cm³/mol. The molecule has 1 nitrogen and oxygen atoms in total. The molecule has 0 saturated heterocycles. The van der Waals surface area contributed by atoms with Gasteiger partial charge < -0.3 is 5.32 Å². The van der Waals surface area contributed by atoms with E-state index in [1.54, 1.807) is 0 Å². The quantitative estimate of drug-likeness (QED) is 0.722. The van der Waals surface area contributed by atoms with E-state index in [-0.39, 0.29) is 6.04 Å². The summed E-state index contributed by atoms with van der Waals surface area (Å²) in [5.41, 5.74) is 5.41. The molecule has 0 spiro atoms. The van der Waals surface area contributed by atoms with Gasteiger partial charge in [0.1, 0.15) is 0 Å². The van der Waals surface area contributed by atoms with Gasteiger partial charge in [-0.25, -0.2) is 0 Å². The Labute approximate surface area is 135 Å². The first-order valence-electron chi connectivity index (χ1n) is 7.18. The highest BCUT2D eigenvalue weighted by Crippen LogP contribution is 2.26. The highest BCUT2D eigenvalue weighted by Gasteiger charge is 2.15. The molecule has 0 amide bonds. The Morgan fingerprint density at radius 2 is 1.90 bits per heavy atom. The largest absolute Gasteiger partial charge is 0.306 e. The summed E-state index contributed by atoms with van der Waals surface area (Å²) in [7, 11) is 0. The van der Waals surface area contributed by atoms with Crippen LogP contribution >= 0.6 is 22.6 Å². The number of benzene rings is 2. The van der Waals surface area contributed by atoms with E-state index in [1.165, 1.54) is 25.8 Å². The SMILES string of the molecule is CCCNC(c1cccc(I)c1)c1ccc(C)cc1C. The van der Waals surface area contributed by atoms with Gasteiger partial charge in [0.05, 0.1) is 6.04 Å².